The molecule has 2 N–H and O–H groups in total. The van der Waals surface area contributed by atoms with Crippen molar-refractivity contribution in [3.8, 4) is 0 Å². The molecule has 1 heterocycles. The third-order valence-corrected chi connectivity index (χ3v) is 3.69. The SMILES string of the molecule is COC(=O)C1CCN(CCCC(C)(C)CN)C1. The lowest BCUT2D eigenvalue weighted by Crippen LogP contribution is -2.28. The average molecular weight is 242 g/mol. The summed E-state index contributed by atoms with van der Waals surface area (Å²) in [7, 11) is 1.47. The van der Waals surface area contributed by atoms with Gasteiger partial charge < -0.3 is 15.4 Å². The van der Waals surface area contributed by atoms with Crippen LogP contribution in [0.4, 0.5) is 0 Å². The molecule has 1 unspecified atom stereocenters. The fourth-order valence-corrected chi connectivity index (χ4v) is 2.28. The van der Waals surface area contributed by atoms with Gasteiger partial charge in [-0.15, -0.1) is 0 Å². The molecule has 100 valence electrons. The molecular weight excluding hydrogens is 216 g/mol. The Morgan fingerprint density at radius 1 is 1.53 bits per heavy atom. The van der Waals surface area contributed by atoms with E-state index in [9.17, 15) is 4.79 Å². The first-order valence-electron chi connectivity index (χ1n) is 6.49. The Morgan fingerprint density at radius 2 is 2.24 bits per heavy atom. The first-order chi connectivity index (χ1) is 7.98. The van der Waals surface area contributed by atoms with E-state index < -0.39 is 0 Å². The molecule has 0 bridgehead atoms. The molecule has 1 fully saturated rings. The van der Waals surface area contributed by atoms with Gasteiger partial charge in [0.05, 0.1) is 13.0 Å². The molecule has 1 aliphatic rings. The molecule has 4 heteroatoms. The van der Waals surface area contributed by atoms with Gasteiger partial charge in [0.1, 0.15) is 0 Å². The van der Waals surface area contributed by atoms with Crippen molar-refractivity contribution in [2.75, 3.05) is 33.3 Å². The Balaban J connectivity index is 2.20. The van der Waals surface area contributed by atoms with Crippen LogP contribution in [0.3, 0.4) is 0 Å². The van der Waals surface area contributed by atoms with Gasteiger partial charge >= 0.3 is 5.97 Å². The van der Waals surface area contributed by atoms with E-state index in [2.05, 4.69) is 18.7 Å². The Kier molecular flexibility index (Phi) is 5.40. The molecule has 1 atom stereocenters. The Bertz CT molecular complexity index is 254. The summed E-state index contributed by atoms with van der Waals surface area (Å²) in [6, 6.07) is 0. The summed E-state index contributed by atoms with van der Waals surface area (Å²) in [4.78, 5) is 13.7. The minimum absolute atomic E-state index is 0.0604. The van der Waals surface area contributed by atoms with E-state index in [1.54, 1.807) is 0 Å². The molecular formula is C13H26N2O2. The van der Waals surface area contributed by atoms with Crippen molar-refractivity contribution in [2.45, 2.75) is 33.1 Å². The van der Waals surface area contributed by atoms with E-state index in [1.165, 1.54) is 7.11 Å². The highest BCUT2D eigenvalue weighted by molar-refractivity contribution is 5.72. The fourth-order valence-electron chi connectivity index (χ4n) is 2.28. The molecule has 0 aromatic carbocycles. The number of hydrogen-bond acceptors (Lipinski definition) is 4. The summed E-state index contributed by atoms with van der Waals surface area (Å²) >= 11 is 0. The summed E-state index contributed by atoms with van der Waals surface area (Å²) in [5, 5.41) is 0. The summed E-state index contributed by atoms with van der Waals surface area (Å²) in [6.07, 6.45) is 3.23. The second-order valence-corrected chi connectivity index (χ2v) is 5.78. The number of ether oxygens (including phenoxy) is 1. The van der Waals surface area contributed by atoms with Gasteiger partial charge in [-0.1, -0.05) is 13.8 Å². The molecule has 0 spiro atoms. The summed E-state index contributed by atoms with van der Waals surface area (Å²) in [5.41, 5.74) is 5.94. The van der Waals surface area contributed by atoms with Gasteiger partial charge in [-0.3, -0.25) is 4.79 Å². The lowest BCUT2D eigenvalue weighted by Gasteiger charge is -2.24. The van der Waals surface area contributed by atoms with Gasteiger partial charge in [-0.2, -0.15) is 0 Å². The third kappa shape index (κ3) is 4.64. The molecule has 1 saturated heterocycles. The number of hydrogen-bond donors (Lipinski definition) is 1. The Hall–Kier alpha value is -0.610. The zero-order chi connectivity index (χ0) is 12.9. The van der Waals surface area contributed by atoms with Crippen LogP contribution in [-0.4, -0.2) is 44.2 Å². The van der Waals surface area contributed by atoms with Crippen LogP contribution in [0.25, 0.3) is 0 Å². The van der Waals surface area contributed by atoms with Crippen LogP contribution in [-0.2, 0) is 9.53 Å². The van der Waals surface area contributed by atoms with Crippen LogP contribution in [0.5, 0.6) is 0 Å². The quantitative estimate of drug-likeness (QED) is 0.712. The molecule has 1 rings (SSSR count). The standard InChI is InChI=1S/C13H26N2O2/c1-13(2,10-14)6-4-7-15-8-5-11(9-15)12(16)17-3/h11H,4-10,14H2,1-3H3. The van der Waals surface area contributed by atoms with E-state index in [0.717, 1.165) is 45.4 Å². The van der Waals surface area contributed by atoms with Crippen LogP contribution in [0, 0.1) is 11.3 Å². The first-order valence-corrected chi connectivity index (χ1v) is 6.49. The zero-order valence-corrected chi connectivity index (χ0v) is 11.4. The predicted molar refractivity (Wildman–Crippen MR) is 68.6 cm³/mol. The van der Waals surface area contributed by atoms with Gasteiger partial charge in [0, 0.05) is 6.54 Å². The molecule has 0 aliphatic carbocycles. The van der Waals surface area contributed by atoms with E-state index >= 15 is 0 Å². The maximum atomic E-state index is 11.4. The van der Waals surface area contributed by atoms with Crippen LogP contribution >= 0.6 is 0 Å². The minimum atomic E-state index is -0.0604. The molecule has 1 aliphatic heterocycles. The highest BCUT2D eigenvalue weighted by atomic mass is 16.5. The van der Waals surface area contributed by atoms with Crippen LogP contribution < -0.4 is 5.73 Å². The lowest BCUT2D eigenvalue weighted by molar-refractivity contribution is -0.144. The molecule has 0 aromatic rings. The molecule has 0 radical (unpaired) electrons. The molecule has 17 heavy (non-hydrogen) atoms. The predicted octanol–water partition coefficient (Wildman–Crippen LogP) is 1.25. The number of carbonyl (C=O) groups excluding carboxylic acids is 1. The molecule has 0 saturated carbocycles. The summed E-state index contributed by atoms with van der Waals surface area (Å²) < 4.78 is 4.78. The summed E-state index contributed by atoms with van der Waals surface area (Å²) in [6.45, 7) is 8.08. The Morgan fingerprint density at radius 3 is 2.82 bits per heavy atom. The van der Waals surface area contributed by atoms with Crippen LogP contribution in [0.15, 0.2) is 0 Å². The average Bonchev–Trinajstić information content (AvgIpc) is 2.76. The van der Waals surface area contributed by atoms with Crippen molar-refractivity contribution in [1.29, 1.82) is 0 Å². The van der Waals surface area contributed by atoms with Gasteiger partial charge in [0.25, 0.3) is 0 Å². The Labute approximate surface area is 104 Å². The van der Waals surface area contributed by atoms with Crippen molar-refractivity contribution in [2.24, 2.45) is 17.1 Å². The highest BCUT2D eigenvalue weighted by Crippen LogP contribution is 2.22. The smallest absolute Gasteiger partial charge is 0.310 e. The van der Waals surface area contributed by atoms with Gasteiger partial charge in [-0.25, -0.2) is 0 Å². The zero-order valence-electron chi connectivity index (χ0n) is 11.4. The largest absolute Gasteiger partial charge is 0.469 e. The van der Waals surface area contributed by atoms with E-state index in [1.807, 2.05) is 0 Å². The van der Waals surface area contributed by atoms with Gasteiger partial charge in [0.2, 0.25) is 0 Å². The first kappa shape index (κ1) is 14.5. The van der Waals surface area contributed by atoms with Gasteiger partial charge in [-0.05, 0) is 44.3 Å². The number of carbonyl (C=O) groups is 1. The van der Waals surface area contributed by atoms with Crippen LogP contribution in [0.1, 0.15) is 33.1 Å². The van der Waals surface area contributed by atoms with Crippen molar-refractivity contribution in [1.82, 2.24) is 4.90 Å². The third-order valence-electron chi connectivity index (χ3n) is 3.69. The van der Waals surface area contributed by atoms with E-state index in [0.29, 0.717) is 0 Å². The van der Waals surface area contributed by atoms with E-state index in [4.69, 9.17) is 10.5 Å². The van der Waals surface area contributed by atoms with Crippen molar-refractivity contribution in [3.05, 3.63) is 0 Å². The van der Waals surface area contributed by atoms with Crippen molar-refractivity contribution >= 4 is 5.97 Å². The maximum absolute atomic E-state index is 11.4. The van der Waals surface area contributed by atoms with Crippen LogP contribution in [0.2, 0.25) is 0 Å². The number of methoxy groups -OCH3 is 1. The minimum Gasteiger partial charge on any atom is -0.469 e. The number of esters is 1. The maximum Gasteiger partial charge on any atom is 0.310 e. The van der Waals surface area contributed by atoms with Crippen molar-refractivity contribution < 1.29 is 9.53 Å². The molecule has 4 nitrogen and oxygen atoms in total. The van der Waals surface area contributed by atoms with Gasteiger partial charge in [0.15, 0.2) is 0 Å². The molecule has 0 aromatic heterocycles. The topological polar surface area (TPSA) is 55.6 Å². The fraction of sp³-hybridized carbons (Fsp3) is 0.923. The second-order valence-electron chi connectivity index (χ2n) is 5.78. The lowest BCUT2D eigenvalue weighted by atomic mass is 9.88. The second kappa shape index (κ2) is 6.36. The molecule has 0 amide bonds. The number of nitrogens with two attached hydrogens (primary N) is 1. The highest BCUT2D eigenvalue weighted by Gasteiger charge is 2.28. The van der Waals surface area contributed by atoms with Crippen molar-refractivity contribution in [3.63, 3.8) is 0 Å². The monoisotopic (exact) mass is 242 g/mol. The number of likely N-dealkylation sites (tertiary alicyclic amines) is 1. The van der Waals surface area contributed by atoms with E-state index in [-0.39, 0.29) is 17.3 Å². The summed E-state index contributed by atoms with van der Waals surface area (Å²) in [5.74, 6) is 0.0253. The number of nitrogens with zero attached hydrogens (tertiary/aromatic N) is 1. The normalized spacial score (nSPS) is 21.8. The number of rotatable bonds is 6.